The largest absolute Gasteiger partial charge is 0.309 e. The molecule has 0 N–H and O–H groups in total. The summed E-state index contributed by atoms with van der Waals surface area (Å²) < 4.78 is 10.0. The molecule has 0 saturated heterocycles. The van der Waals surface area contributed by atoms with E-state index in [4.69, 9.17) is 0 Å². The van der Waals surface area contributed by atoms with E-state index < -0.39 is 0 Å². The van der Waals surface area contributed by atoms with Gasteiger partial charge in [0.2, 0.25) is 0 Å². The number of thiophene rings is 1. The third-order valence-electron chi connectivity index (χ3n) is 9.79. The second kappa shape index (κ2) is 8.87. The minimum Gasteiger partial charge on any atom is -0.309 e. The lowest BCUT2D eigenvalue weighted by atomic mass is 10.1. The van der Waals surface area contributed by atoms with Crippen molar-refractivity contribution in [2.24, 2.45) is 0 Å². The summed E-state index contributed by atoms with van der Waals surface area (Å²) in [4.78, 5) is 0. The van der Waals surface area contributed by atoms with Gasteiger partial charge in [0.25, 0.3) is 0 Å². The molecule has 0 bridgehead atoms. The van der Waals surface area contributed by atoms with Gasteiger partial charge in [-0.05, 0) is 84.9 Å². The molecule has 214 valence electrons. The van der Waals surface area contributed by atoms with Crippen molar-refractivity contribution in [3.63, 3.8) is 0 Å². The maximum atomic E-state index is 2.51. The van der Waals surface area contributed by atoms with Crippen LogP contribution in [0.25, 0.3) is 91.9 Å². The monoisotopic (exact) mass is 603 g/mol. The van der Waals surface area contributed by atoms with Gasteiger partial charge in [-0.15, -0.1) is 11.3 Å². The van der Waals surface area contributed by atoms with Gasteiger partial charge in [0.1, 0.15) is 0 Å². The van der Waals surface area contributed by atoms with Crippen LogP contribution in [0.4, 0.5) is 0 Å². The maximum absolute atomic E-state index is 2.51. The minimum absolute atomic E-state index is 1.17. The molecule has 0 aliphatic rings. The van der Waals surface area contributed by atoms with E-state index in [1.54, 1.807) is 0 Å². The van der Waals surface area contributed by atoms with Crippen LogP contribution in [-0.4, -0.2) is 13.7 Å². The fourth-order valence-corrected chi connectivity index (χ4v) is 9.09. The summed E-state index contributed by atoms with van der Waals surface area (Å²) >= 11 is 1.87. The van der Waals surface area contributed by atoms with E-state index in [1.165, 1.54) is 91.9 Å². The molecule has 0 fully saturated rings. The lowest BCUT2D eigenvalue weighted by molar-refractivity contribution is 1.17. The van der Waals surface area contributed by atoms with Gasteiger partial charge in [0.15, 0.2) is 0 Å². The van der Waals surface area contributed by atoms with Crippen molar-refractivity contribution >= 4 is 86.2 Å². The zero-order valence-electron chi connectivity index (χ0n) is 24.7. The van der Waals surface area contributed by atoms with Crippen molar-refractivity contribution in [3.8, 4) is 17.1 Å². The van der Waals surface area contributed by atoms with Gasteiger partial charge in [0.05, 0.1) is 33.1 Å². The Morgan fingerprint density at radius 3 is 1.33 bits per heavy atom. The molecule has 0 amide bonds. The number of rotatable bonds is 3. The Morgan fingerprint density at radius 1 is 0.304 bits per heavy atom. The highest BCUT2D eigenvalue weighted by Crippen LogP contribution is 2.47. The van der Waals surface area contributed by atoms with Crippen molar-refractivity contribution < 1.29 is 0 Å². The Labute approximate surface area is 267 Å². The first-order valence-electron chi connectivity index (χ1n) is 15.7. The molecule has 3 nitrogen and oxygen atoms in total. The fraction of sp³-hybridized carbons (Fsp3) is 0. The van der Waals surface area contributed by atoms with E-state index >= 15 is 0 Å². The van der Waals surface area contributed by atoms with Crippen LogP contribution in [-0.2, 0) is 0 Å². The second-order valence-corrected chi connectivity index (χ2v) is 13.2. The van der Waals surface area contributed by atoms with Gasteiger partial charge in [-0.3, -0.25) is 0 Å². The topological polar surface area (TPSA) is 14.8 Å². The normalized spacial score (nSPS) is 12.3. The molecule has 4 heterocycles. The predicted molar refractivity (Wildman–Crippen MR) is 196 cm³/mol. The highest BCUT2D eigenvalue weighted by atomic mass is 32.1. The molecule has 4 aromatic heterocycles. The molecule has 0 spiro atoms. The first-order chi connectivity index (χ1) is 22.8. The summed E-state index contributed by atoms with van der Waals surface area (Å²) in [5.41, 5.74) is 10.8. The number of fused-ring (bicyclic) bond motifs is 3. The molecule has 0 radical (unpaired) electrons. The summed E-state index contributed by atoms with van der Waals surface area (Å²) in [7, 11) is 0. The van der Waals surface area contributed by atoms with Crippen LogP contribution in [0.3, 0.4) is 0 Å². The summed E-state index contributed by atoms with van der Waals surface area (Å²) in [5.74, 6) is 0. The highest BCUT2D eigenvalue weighted by molar-refractivity contribution is 7.25. The lowest BCUT2D eigenvalue weighted by Crippen LogP contribution is -1.98. The van der Waals surface area contributed by atoms with Crippen LogP contribution in [0.5, 0.6) is 0 Å². The first-order valence-corrected chi connectivity index (χ1v) is 16.5. The zero-order valence-corrected chi connectivity index (χ0v) is 25.5. The molecular weight excluding hydrogens is 579 g/mol. The van der Waals surface area contributed by atoms with E-state index in [0.29, 0.717) is 0 Å². The van der Waals surface area contributed by atoms with Gasteiger partial charge in [-0.25, -0.2) is 0 Å². The molecular formula is C42H25N3S. The average Bonchev–Trinajstić information content (AvgIpc) is 3.74. The Balaban J connectivity index is 1.41. The van der Waals surface area contributed by atoms with Crippen molar-refractivity contribution in [2.75, 3.05) is 0 Å². The van der Waals surface area contributed by atoms with Gasteiger partial charge in [-0.1, -0.05) is 66.7 Å². The molecule has 0 saturated carbocycles. The van der Waals surface area contributed by atoms with Crippen LogP contribution in [0.2, 0.25) is 0 Å². The third-order valence-corrected chi connectivity index (χ3v) is 10.9. The lowest BCUT2D eigenvalue weighted by Gasteiger charge is -2.14. The standard InChI is InChI=1S/C42H25N3S/c1-3-11-26(12-4-1)43-31-16-9-18-33-39(31)41-35(43)22-23-36-42(41)40-32(44(36)27-13-5-2-6-14-27)17-10-19-34(40)45(33)28-21-24-38-30(25-28)29-15-7-8-20-37(29)46-38/h1-25H. The Morgan fingerprint density at radius 2 is 0.761 bits per heavy atom. The van der Waals surface area contributed by atoms with Crippen molar-refractivity contribution in [1.82, 2.24) is 13.7 Å². The van der Waals surface area contributed by atoms with E-state index in [9.17, 15) is 0 Å². The maximum Gasteiger partial charge on any atom is 0.0562 e. The van der Waals surface area contributed by atoms with Crippen LogP contribution in [0, 0.1) is 0 Å². The Hall–Kier alpha value is -5.84. The van der Waals surface area contributed by atoms with Crippen LogP contribution < -0.4 is 0 Å². The van der Waals surface area contributed by atoms with E-state index in [2.05, 4.69) is 165 Å². The van der Waals surface area contributed by atoms with Crippen LogP contribution in [0.15, 0.2) is 152 Å². The molecule has 11 aromatic rings. The molecule has 0 aliphatic heterocycles. The molecule has 46 heavy (non-hydrogen) atoms. The van der Waals surface area contributed by atoms with Gasteiger partial charge in [-0.2, -0.15) is 0 Å². The van der Waals surface area contributed by atoms with Crippen molar-refractivity contribution in [3.05, 3.63) is 152 Å². The summed E-state index contributed by atoms with van der Waals surface area (Å²) in [5, 5.41) is 7.80. The van der Waals surface area contributed by atoms with E-state index in [-0.39, 0.29) is 0 Å². The van der Waals surface area contributed by atoms with Gasteiger partial charge < -0.3 is 13.7 Å². The summed E-state index contributed by atoms with van der Waals surface area (Å²) in [6.07, 6.45) is 0. The first kappa shape index (κ1) is 24.5. The smallest absolute Gasteiger partial charge is 0.0562 e. The summed E-state index contributed by atoms with van der Waals surface area (Å²) in [6, 6.07) is 55.6. The third kappa shape index (κ3) is 3.06. The number of benzene rings is 7. The summed E-state index contributed by atoms with van der Waals surface area (Å²) in [6.45, 7) is 0. The quantitative estimate of drug-likeness (QED) is 0.191. The van der Waals surface area contributed by atoms with Crippen molar-refractivity contribution in [2.45, 2.75) is 0 Å². The Kier molecular flexibility index (Phi) is 4.72. The molecule has 11 rings (SSSR count). The minimum atomic E-state index is 1.17. The molecule has 0 unspecified atom stereocenters. The SMILES string of the molecule is c1ccc(-n2c3ccc4c5c3c3c2cccc3n(-c2ccc3sc6ccccc6c3c2)c2cccc(c52)n4-c2ccccc2)cc1. The highest BCUT2D eigenvalue weighted by Gasteiger charge is 2.25. The number of aromatic nitrogens is 3. The van der Waals surface area contributed by atoms with Crippen LogP contribution >= 0.6 is 11.3 Å². The van der Waals surface area contributed by atoms with Gasteiger partial charge in [0, 0.05) is 58.8 Å². The number of hydrogen-bond donors (Lipinski definition) is 0. The number of nitrogens with zero attached hydrogens (tertiary/aromatic N) is 3. The molecule has 4 heteroatoms. The van der Waals surface area contributed by atoms with E-state index in [1.807, 2.05) is 11.3 Å². The second-order valence-electron chi connectivity index (χ2n) is 12.2. The Bertz CT molecular complexity index is 2810. The van der Waals surface area contributed by atoms with E-state index in [0.717, 1.165) is 0 Å². The van der Waals surface area contributed by atoms with Gasteiger partial charge >= 0.3 is 0 Å². The predicted octanol–water partition coefficient (Wildman–Crippen LogP) is 11.6. The zero-order chi connectivity index (χ0) is 29.9. The number of para-hydroxylation sites is 2. The number of hydrogen-bond acceptors (Lipinski definition) is 1. The average molecular weight is 604 g/mol. The van der Waals surface area contributed by atoms with Crippen molar-refractivity contribution in [1.29, 1.82) is 0 Å². The molecule has 0 atom stereocenters. The molecule has 0 aliphatic carbocycles. The fourth-order valence-electron chi connectivity index (χ4n) is 8.00. The molecule has 7 aromatic carbocycles. The van der Waals surface area contributed by atoms with Crippen LogP contribution in [0.1, 0.15) is 0 Å².